The van der Waals surface area contributed by atoms with Crippen LogP contribution in [0.1, 0.15) is 38.2 Å². The van der Waals surface area contributed by atoms with Crippen molar-refractivity contribution in [2.75, 3.05) is 7.05 Å². The fraction of sp³-hybridized carbons (Fsp3) is 0.500. The molecular formula is C16H21N. The minimum absolute atomic E-state index is 0.319. The van der Waals surface area contributed by atoms with Gasteiger partial charge in [0.15, 0.2) is 0 Å². The highest BCUT2D eigenvalue weighted by Crippen LogP contribution is 2.47. The molecule has 1 N–H and O–H groups in total. The van der Waals surface area contributed by atoms with Gasteiger partial charge in [-0.25, -0.2) is 0 Å². The van der Waals surface area contributed by atoms with E-state index in [4.69, 9.17) is 0 Å². The highest BCUT2D eigenvalue weighted by atomic mass is 14.9. The van der Waals surface area contributed by atoms with Gasteiger partial charge in [-0.2, -0.15) is 0 Å². The quantitative estimate of drug-likeness (QED) is 0.779. The number of hydrogen-bond donors (Lipinski definition) is 1. The van der Waals surface area contributed by atoms with E-state index in [0.29, 0.717) is 11.5 Å². The maximum atomic E-state index is 3.48. The van der Waals surface area contributed by atoms with Crippen LogP contribution in [0.15, 0.2) is 30.3 Å². The van der Waals surface area contributed by atoms with Gasteiger partial charge in [0.25, 0.3) is 0 Å². The van der Waals surface area contributed by atoms with E-state index in [0.717, 1.165) is 6.42 Å². The largest absolute Gasteiger partial charge is 0.315 e. The zero-order valence-electron chi connectivity index (χ0n) is 10.8. The maximum Gasteiger partial charge on any atom is 0.0270 e. The van der Waals surface area contributed by atoms with Crippen LogP contribution in [0.3, 0.4) is 0 Å². The zero-order valence-corrected chi connectivity index (χ0v) is 10.8. The SMILES string of the molecule is CC#CCC(NC)C1(c2ccccc2)CCC1. The van der Waals surface area contributed by atoms with Crippen LogP contribution in [-0.2, 0) is 5.41 Å². The average Bonchev–Trinajstić information content (AvgIpc) is 2.33. The molecule has 1 heteroatoms. The van der Waals surface area contributed by atoms with E-state index in [1.165, 1.54) is 24.8 Å². The molecule has 1 saturated carbocycles. The number of nitrogens with one attached hydrogen (secondary N) is 1. The molecule has 0 amide bonds. The van der Waals surface area contributed by atoms with Crippen LogP contribution in [-0.4, -0.2) is 13.1 Å². The molecular weight excluding hydrogens is 206 g/mol. The third-order valence-corrected chi connectivity index (χ3v) is 4.09. The predicted octanol–water partition coefficient (Wildman–Crippen LogP) is 3.11. The predicted molar refractivity (Wildman–Crippen MR) is 72.9 cm³/mol. The number of benzene rings is 1. The van der Waals surface area contributed by atoms with Crippen LogP contribution in [0.5, 0.6) is 0 Å². The Kier molecular flexibility index (Phi) is 3.86. The molecule has 1 aliphatic rings. The first-order valence-corrected chi connectivity index (χ1v) is 6.46. The van der Waals surface area contributed by atoms with E-state index >= 15 is 0 Å². The van der Waals surface area contributed by atoms with Gasteiger partial charge in [0.1, 0.15) is 0 Å². The first-order valence-electron chi connectivity index (χ1n) is 6.46. The lowest BCUT2D eigenvalue weighted by molar-refractivity contribution is 0.177. The first-order chi connectivity index (χ1) is 8.33. The van der Waals surface area contributed by atoms with Crippen LogP contribution < -0.4 is 5.32 Å². The van der Waals surface area contributed by atoms with Crippen molar-refractivity contribution >= 4 is 0 Å². The smallest absolute Gasteiger partial charge is 0.0270 e. The van der Waals surface area contributed by atoms with Crippen molar-refractivity contribution < 1.29 is 0 Å². The van der Waals surface area contributed by atoms with E-state index in [2.05, 4.69) is 54.5 Å². The van der Waals surface area contributed by atoms with Crippen molar-refractivity contribution in [3.63, 3.8) is 0 Å². The molecule has 1 fully saturated rings. The normalized spacial score (nSPS) is 18.7. The van der Waals surface area contributed by atoms with Gasteiger partial charge in [-0.1, -0.05) is 36.8 Å². The Morgan fingerprint density at radius 3 is 2.47 bits per heavy atom. The van der Waals surface area contributed by atoms with Crippen LogP contribution >= 0.6 is 0 Å². The minimum atomic E-state index is 0.319. The molecule has 1 atom stereocenters. The molecule has 0 radical (unpaired) electrons. The molecule has 2 rings (SSSR count). The second kappa shape index (κ2) is 5.38. The molecule has 1 aliphatic carbocycles. The summed E-state index contributed by atoms with van der Waals surface area (Å²) in [4.78, 5) is 0. The van der Waals surface area contributed by atoms with Gasteiger partial charge in [-0.05, 0) is 32.4 Å². The molecule has 1 aromatic rings. The van der Waals surface area contributed by atoms with Gasteiger partial charge < -0.3 is 5.32 Å². The lowest BCUT2D eigenvalue weighted by atomic mass is 9.59. The maximum absolute atomic E-state index is 3.48. The molecule has 0 bridgehead atoms. The van der Waals surface area contributed by atoms with Crippen molar-refractivity contribution in [2.24, 2.45) is 0 Å². The van der Waals surface area contributed by atoms with Gasteiger partial charge in [0.05, 0.1) is 0 Å². The summed E-state index contributed by atoms with van der Waals surface area (Å²) in [6.07, 6.45) is 4.86. The van der Waals surface area contributed by atoms with E-state index < -0.39 is 0 Å². The minimum Gasteiger partial charge on any atom is -0.315 e. The van der Waals surface area contributed by atoms with Crippen molar-refractivity contribution in [2.45, 2.75) is 44.1 Å². The molecule has 17 heavy (non-hydrogen) atoms. The summed E-state index contributed by atoms with van der Waals surface area (Å²) in [5, 5.41) is 3.48. The highest BCUT2D eigenvalue weighted by Gasteiger charge is 2.44. The molecule has 1 unspecified atom stereocenters. The van der Waals surface area contributed by atoms with E-state index in [-0.39, 0.29) is 0 Å². The fourth-order valence-corrected chi connectivity index (χ4v) is 2.94. The summed E-state index contributed by atoms with van der Waals surface area (Å²) >= 11 is 0. The number of rotatable bonds is 4. The van der Waals surface area contributed by atoms with Crippen molar-refractivity contribution in [1.82, 2.24) is 5.32 Å². The van der Waals surface area contributed by atoms with Gasteiger partial charge >= 0.3 is 0 Å². The van der Waals surface area contributed by atoms with Crippen LogP contribution in [0.4, 0.5) is 0 Å². The second-order valence-corrected chi connectivity index (χ2v) is 4.85. The van der Waals surface area contributed by atoms with Crippen molar-refractivity contribution in [3.8, 4) is 11.8 Å². The first kappa shape index (κ1) is 12.2. The van der Waals surface area contributed by atoms with E-state index in [1.54, 1.807) is 0 Å². The lowest BCUT2D eigenvalue weighted by Crippen LogP contribution is -2.51. The summed E-state index contributed by atoms with van der Waals surface area (Å²) in [5.41, 5.74) is 1.79. The molecule has 0 spiro atoms. The van der Waals surface area contributed by atoms with Gasteiger partial charge in [0.2, 0.25) is 0 Å². The Morgan fingerprint density at radius 1 is 1.29 bits per heavy atom. The Labute approximate surface area is 105 Å². The molecule has 90 valence electrons. The van der Waals surface area contributed by atoms with Crippen molar-refractivity contribution in [1.29, 1.82) is 0 Å². The highest BCUT2D eigenvalue weighted by molar-refractivity contribution is 5.31. The monoisotopic (exact) mass is 227 g/mol. The lowest BCUT2D eigenvalue weighted by Gasteiger charge is -2.48. The van der Waals surface area contributed by atoms with Crippen LogP contribution in [0, 0.1) is 11.8 Å². The van der Waals surface area contributed by atoms with Gasteiger partial charge in [0, 0.05) is 17.9 Å². The van der Waals surface area contributed by atoms with E-state index in [9.17, 15) is 0 Å². The Bertz CT molecular complexity index is 406. The standard InChI is InChI=1S/C16H21N/c1-3-4-11-15(17-2)16(12-8-13-16)14-9-6-5-7-10-14/h5-7,9-10,15,17H,8,11-13H2,1-2H3. The third-order valence-electron chi connectivity index (χ3n) is 4.09. The summed E-state index contributed by atoms with van der Waals surface area (Å²) in [6.45, 7) is 1.92. The molecule has 0 saturated heterocycles. The van der Waals surface area contributed by atoms with Crippen molar-refractivity contribution in [3.05, 3.63) is 35.9 Å². The third kappa shape index (κ3) is 2.23. The van der Waals surface area contributed by atoms with Crippen LogP contribution in [0.2, 0.25) is 0 Å². The summed E-state index contributed by atoms with van der Waals surface area (Å²) in [7, 11) is 2.06. The fourth-order valence-electron chi connectivity index (χ4n) is 2.94. The summed E-state index contributed by atoms with van der Waals surface area (Å²) in [5.74, 6) is 6.24. The van der Waals surface area contributed by atoms with Gasteiger partial charge in [-0.3, -0.25) is 0 Å². The second-order valence-electron chi connectivity index (χ2n) is 4.85. The summed E-state index contributed by atoms with van der Waals surface area (Å²) < 4.78 is 0. The molecule has 1 aromatic carbocycles. The Hall–Kier alpha value is -1.26. The zero-order chi connectivity index (χ0) is 12.1. The summed E-state index contributed by atoms with van der Waals surface area (Å²) in [6, 6.07) is 11.4. The molecule has 0 aromatic heterocycles. The molecule has 0 heterocycles. The van der Waals surface area contributed by atoms with Gasteiger partial charge in [-0.15, -0.1) is 11.8 Å². The van der Waals surface area contributed by atoms with E-state index in [1.807, 2.05) is 6.92 Å². The molecule has 0 aliphatic heterocycles. The number of hydrogen-bond acceptors (Lipinski definition) is 1. The topological polar surface area (TPSA) is 12.0 Å². The molecule has 1 nitrogen and oxygen atoms in total. The Balaban J connectivity index is 2.26. The Morgan fingerprint density at radius 2 is 2.00 bits per heavy atom. The van der Waals surface area contributed by atoms with Crippen LogP contribution in [0.25, 0.3) is 0 Å². The number of likely N-dealkylation sites (N-methyl/N-ethyl adjacent to an activating group) is 1. The average molecular weight is 227 g/mol.